The number of nitrogens with one attached hydrogen (secondary N) is 1. The fraction of sp³-hybridized carbons (Fsp3) is 0.556. The first kappa shape index (κ1) is 16.9. The predicted octanol–water partition coefficient (Wildman–Crippen LogP) is 0.878. The Bertz CT molecular complexity index is 558. The van der Waals surface area contributed by atoms with Crippen molar-refractivity contribution in [1.29, 1.82) is 0 Å². The molecule has 1 aromatic rings. The maximum atomic E-state index is 12.3. The molecule has 1 N–H and O–H groups in total. The van der Waals surface area contributed by atoms with Crippen molar-refractivity contribution in [3.8, 4) is 0 Å². The van der Waals surface area contributed by atoms with E-state index in [1.54, 1.807) is 4.90 Å². The first-order chi connectivity index (χ1) is 11.7. The molecule has 24 heavy (non-hydrogen) atoms. The third kappa shape index (κ3) is 4.33. The molecule has 130 valence electrons. The van der Waals surface area contributed by atoms with Crippen LogP contribution in [0.1, 0.15) is 12.8 Å². The molecule has 0 spiro atoms. The minimum Gasteiger partial charge on any atom is -0.379 e. The molecule has 2 aliphatic heterocycles. The topological polar surface area (TPSA) is 61.9 Å². The van der Waals surface area contributed by atoms with Crippen molar-refractivity contribution in [2.24, 2.45) is 5.92 Å². The van der Waals surface area contributed by atoms with Crippen LogP contribution in [0, 0.1) is 5.92 Å². The first-order valence-corrected chi connectivity index (χ1v) is 8.67. The summed E-state index contributed by atoms with van der Waals surface area (Å²) < 4.78 is 5.32. The third-order valence-electron chi connectivity index (χ3n) is 4.62. The lowest BCUT2D eigenvalue weighted by Gasteiger charge is -2.26. The van der Waals surface area contributed by atoms with E-state index in [1.165, 1.54) is 0 Å². The number of nitrogens with zero attached hydrogens (tertiary/aromatic N) is 2. The second-order valence-corrected chi connectivity index (χ2v) is 6.34. The summed E-state index contributed by atoms with van der Waals surface area (Å²) in [6.07, 6.45) is 1.22. The summed E-state index contributed by atoms with van der Waals surface area (Å²) in [5.74, 6) is -0.237. The number of para-hydroxylation sites is 1. The first-order valence-electron chi connectivity index (χ1n) is 8.67. The molecule has 0 aliphatic carbocycles. The minimum atomic E-state index is -0.249. The Morgan fingerprint density at radius 2 is 1.96 bits per heavy atom. The van der Waals surface area contributed by atoms with Crippen LogP contribution in [0.4, 0.5) is 5.69 Å². The third-order valence-corrected chi connectivity index (χ3v) is 4.62. The summed E-state index contributed by atoms with van der Waals surface area (Å²) >= 11 is 0. The molecule has 1 atom stereocenters. The lowest BCUT2D eigenvalue weighted by atomic mass is 10.1. The van der Waals surface area contributed by atoms with Gasteiger partial charge in [-0.25, -0.2) is 0 Å². The summed E-state index contributed by atoms with van der Waals surface area (Å²) in [6, 6.07) is 9.53. The Hall–Kier alpha value is -1.92. The van der Waals surface area contributed by atoms with E-state index in [2.05, 4.69) is 10.2 Å². The van der Waals surface area contributed by atoms with E-state index in [0.717, 1.165) is 45.0 Å². The largest absolute Gasteiger partial charge is 0.379 e. The van der Waals surface area contributed by atoms with E-state index in [9.17, 15) is 9.59 Å². The molecule has 2 heterocycles. The van der Waals surface area contributed by atoms with Crippen molar-refractivity contribution in [1.82, 2.24) is 10.2 Å². The Morgan fingerprint density at radius 3 is 2.71 bits per heavy atom. The monoisotopic (exact) mass is 331 g/mol. The van der Waals surface area contributed by atoms with Gasteiger partial charge in [-0.2, -0.15) is 0 Å². The SMILES string of the molecule is O=C(NCCCN1CCOCC1)[C@H]1CC(=O)N(c2ccccc2)C1. The normalized spacial score (nSPS) is 21.9. The zero-order valence-corrected chi connectivity index (χ0v) is 13.9. The second kappa shape index (κ2) is 8.26. The summed E-state index contributed by atoms with van der Waals surface area (Å²) in [5, 5.41) is 2.98. The van der Waals surface area contributed by atoms with Gasteiger partial charge in [0.05, 0.1) is 19.1 Å². The van der Waals surface area contributed by atoms with Gasteiger partial charge in [0, 0.05) is 38.3 Å². The van der Waals surface area contributed by atoms with Gasteiger partial charge in [-0.1, -0.05) is 18.2 Å². The van der Waals surface area contributed by atoms with E-state index >= 15 is 0 Å². The molecule has 0 aromatic heterocycles. The van der Waals surface area contributed by atoms with Crippen LogP contribution in [0.15, 0.2) is 30.3 Å². The molecule has 6 nitrogen and oxygen atoms in total. The highest BCUT2D eigenvalue weighted by atomic mass is 16.5. The lowest BCUT2D eigenvalue weighted by molar-refractivity contribution is -0.126. The number of carbonyl (C=O) groups is 2. The molecule has 0 bridgehead atoms. The van der Waals surface area contributed by atoms with Crippen LogP contribution in [0.25, 0.3) is 0 Å². The van der Waals surface area contributed by atoms with Gasteiger partial charge in [-0.05, 0) is 25.1 Å². The average Bonchev–Trinajstić information content (AvgIpc) is 3.02. The standard InChI is InChI=1S/C18H25N3O3/c22-17-13-15(14-21(17)16-5-2-1-3-6-16)18(23)19-7-4-8-20-9-11-24-12-10-20/h1-3,5-6,15H,4,7-14H2,(H,19,23)/t15-/m0/s1. The fourth-order valence-electron chi connectivity index (χ4n) is 3.22. The maximum absolute atomic E-state index is 12.3. The maximum Gasteiger partial charge on any atom is 0.227 e. The van der Waals surface area contributed by atoms with E-state index in [0.29, 0.717) is 19.5 Å². The Morgan fingerprint density at radius 1 is 1.21 bits per heavy atom. The molecule has 0 saturated carbocycles. The van der Waals surface area contributed by atoms with Crippen molar-refractivity contribution in [2.45, 2.75) is 12.8 Å². The van der Waals surface area contributed by atoms with Crippen LogP contribution < -0.4 is 10.2 Å². The fourth-order valence-corrected chi connectivity index (χ4v) is 3.22. The van der Waals surface area contributed by atoms with Gasteiger partial charge in [-0.15, -0.1) is 0 Å². The van der Waals surface area contributed by atoms with Gasteiger partial charge in [0.15, 0.2) is 0 Å². The highest BCUT2D eigenvalue weighted by Crippen LogP contribution is 2.24. The molecular weight excluding hydrogens is 306 g/mol. The van der Waals surface area contributed by atoms with Gasteiger partial charge in [0.25, 0.3) is 0 Å². The van der Waals surface area contributed by atoms with Gasteiger partial charge < -0.3 is 15.0 Å². The molecular formula is C18H25N3O3. The van der Waals surface area contributed by atoms with E-state index in [1.807, 2.05) is 30.3 Å². The highest BCUT2D eigenvalue weighted by molar-refractivity contribution is 6.00. The lowest BCUT2D eigenvalue weighted by Crippen LogP contribution is -2.39. The van der Waals surface area contributed by atoms with Gasteiger partial charge in [-0.3, -0.25) is 14.5 Å². The van der Waals surface area contributed by atoms with Crippen LogP contribution in [0.2, 0.25) is 0 Å². The summed E-state index contributed by atoms with van der Waals surface area (Å²) in [5.41, 5.74) is 0.866. The summed E-state index contributed by atoms with van der Waals surface area (Å²) in [4.78, 5) is 28.5. The second-order valence-electron chi connectivity index (χ2n) is 6.34. The number of carbonyl (C=O) groups excluding carboxylic acids is 2. The molecule has 3 rings (SSSR count). The van der Waals surface area contributed by atoms with Gasteiger partial charge >= 0.3 is 0 Å². The Kier molecular flexibility index (Phi) is 5.82. The van der Waals surface area contributed by atoms with Crippen LogP contribution in [0.5, 0.6) is 0 Å². The molecule has 1 aromatic carbocycles. The summed E-state index contributed by atoms with van der Waals surface area (Å²) in [7, 11) is 0. The van der Waals surface area contributed by atoms with Crippen LogP contribution in [0.3, 0.4) is 0 Å². The van der Waals surface area contributed by atoms with E-state index in [4.69, 9.17) is 4.74 Å². The molecule has 0 radical (unpaired) electrons. The van der Waals surface area contributed by atoms with Gasteiger partial charge in [0.2, 0.25) is 11.8 Å². The number of hydrogen-bond donors (Lipinski definition) is 1. The number of benzene rings is 1. The number of ether oxygens (including phenoxy) is 1. The zero-order chi connectivity index (χ0) is 16.8. The Labute approximate surface area is 142 Å². The number of rotatable bonds is 6. The minimum absolute atomic E-state index is 0.0104. The number of anilines is 1. The van der Waals surface area contributed by atoms with Crippen LogP contribution >= 0.6 is 0 Å². The van der Waals surface area contributed by atoms with Gasteiger partial charge in [0.1, 0.15) is 0 Å². The molecule has 2 saturated heterocycles. The number of morpholine rings is 1. The van der Waals surface area contributed by atoms with Crippen molar-refractivity contribution in [3.63, 3.8) is 0 Å². The average molecular weight is 331 g/mol. The van der Waals surface area contributed by atoms with Crippen LogP contribution in [-0.2, 0) is 14.3 Å². The molecule has 2 aliphatic rings. The van der Waals surface area contributed by atoms with E-state index < -0.39 is 0 Å². The highest BCUT2D eigenvalue weighted by Gasteiger charge is 2.34. The van der Waals surface area contributed by atoms with Crippen LogP contribution in [-0.4, -0.2) is 62.7 Å². The molecule has 6 heteroatoms. The van der Waals surface area contributed by atoms with Crippen molar-refractivity contribution < 1.29 is 14.3 Å². The number of hydrogen-bond acceptors (Lipinski definition) is 4. The Balaban J connectivity index is 1.40. The molecule has 0 unspecified atom stereocenters. The predicted molar refractivity (Wildman–Crippen MR) is 91.8 cm³/mol. The van der Waals surface area contributed by atoms with Crippen molar-refractivity contribution >= 4 is 17.5 Å². The van der Waals surface area contributed by atoms with Crippen molar-refractivity contribution in [2.75, 3.05) is 50.8 Å². The van der Waals surface area contributed by atoms with Crippen molar-refractivity contribution in [3.05, 3.63) is 30.3 Å². The summed E-state index contributed by atoms with van der Waals surface area (Å²) in [6.45, 7) is 5.64. The smallest absolute Gasteiger partial charge is 0.227 e. The number of amides is 2. The zero-order valence-electron chi connectivity index (χ0n) is 13.9. The molecule has 2 fully saturated rings. The van der Waals surface area contributed by atoms with E-state index in [-0.39, 0.29) is 17.7 Å². The quantitative estimate of drug-likeness (QED) is 0.786. The molecule has 2 amide bonds.